The molecule has 2 N–H and O–H groups in total. The third-order valence-electron chi connectivity index (χ3n) is 2.56. The van der Waals surface area contributed by atoms with E-state index in [4.69, 9.17) is 5.11 Å². The Kier molecular flexibility index (Phi) is 3.96. The monoisotopic (exact) mass is 339 g/mol. The number of rotatable bonds is 3. The molecule has 0 fully saturated rings. The summed E-state index contributed by atoms with van der Waals surface area (Å²) in [7, 11) is -5.08. The third kappa shape index (κ3) is 2.69. The summed E-state index contributed by atoms with van der Waals surface area (Å²) in [6, 6.07) is 4.16. The highest BCUT2D eigenvalue weighted by atomic mass is 32.2. The van der Waals surface area contributed by atoms with Gasteiger partial charge in [-0.25, -0.2) is 30.4 Å². The van der Waals surface area contributed by atoms with Crippen molar-refractivity contribution in [2.24, 2.45) is 0 Å². The maximum atomic E-state index is 13.5. The first kappa shape index (κ1) is 16.0. The van der Waals surface area contributed by atoms with E-state index >= 15 is 0 Å². The minimum Gasteiger partial charge on any atom is -0.508 e. The number of hydrogen-bond acceptors (Lipinski definition) is 3. The highest BCUT2D eigenvalue weighted by Gasteiger charge is 2.33. The topological polar surface area (TPSA) is 66.4 Å². The molecular weight excluding hydrogens is 333 g/mol. The second-order valence-electron chi connectivity index (χ2n) is 4.05. The minimum absolute atomic E-state index is 0.223. The van der Waals surface area contributed by atoms with Crippen molar-refractivity contribution in [2.45, 2.75) is 4.90 Å². The van der Waals surface area contributed by atoms with Crippen LogP contribution in [0.4, 0.5) is 27.6 Å². The molecule has 0 spiro atoms. The largest absolute Gasteiger partial charge is 0.508 e. The van der Waals surface area contributed by atoms with Crippen molar-refractivity contribution in [3.63, 3.8) is 0 Å². The maximum absolute atomic E-state index is 13.5. The Balaban J connectivity index is 2.57. The van der Waals surface area contributed by atoms with E-state index in [1.54, 1.807) is 4.72 Å². The lowest BCUT2D eigenvalue weighted by atomic mass is 10.3. The van der Waals surface area contributed by atoms with Gasteiger partial charge >= 0.3 is 0 Å². The Morgan fingerprint density at radius 1 is 0.773 bits per heavy atom. The third-order valence-corrected chi connectivity index (χ3v) is 3.96. The highest BCUT2D eigenvalue weighted by molar-refractivity contribution is 7.92. The second-order valence-corrected chi connectivity index (χ2v) is 5.67. The molecule has 0 atom stereocenters. The zero-order valence-electron chi connectivity index (χ0n) is 10.4. The van der Waals surface area contributed by atoms with Gasteiger partial charge in [0.15, 0.2) is 28.2 Å². The zero-order valence-corrected chi connectivity index (χ0v) is 11.2. The number of anilines is 1. The van der Waals surface area contributed by atoms with Crippen molar-refractivity contribution in [3.8, 4) is 5.75 Å². The molecule has 118 valence electrons. The molecule has 2 rings (SSSR count). The van der Waals surface area contributed by atoms with E-state index < -0.39 is 44.0 Å². The molecule has 0 aliphatic rings. The maximum Gasteiger partial charge on any atom is 0.267 e. The molecular formula is C12H6F5NO3S. The summed E-state index contributed by atoms with van der Waals surface area (Å²) >= 11 is 0. The minimum atomic E-state index is -5.08. The van der Waals surface area contributed by atoms with Gasteiger partial charge in [-0.15, -0.1) is 0 Å². The highest BCUT2D eigenvalue weighted by Crippen LogP contribution is 2.28. The van der Waals surface area contributed by atoms with Crippen molar-refractivity contribution in [1.82, 2.24) is 0 Å². The summed E-state index contributed by atoms with van der Waals surface area (Å²) in [5.74, 6) is -12.4. The Bertz CT molecular complexity index is 808. The lowest BCUT2D eigenvalue weighted by molar-refractivity contribution is 0.358. The predicted octanol–water partition coefficient (Wildman–Crippen LogP) is 2.89. The number of hydrogen-bond donors (Lipinski definition) is 2. The van der Waals surface area contributed by atoms with Gasteiger partial charge in [0, 0.05) is 5.69 Å². The number of phenols is 1. The Hall–Kier alpha value is -2.36. The number of phenolic OH excluding ortho intramolecular Hbond substituents is 1. The molecule has 0 aliphatic carbocycles. The molecule has 4 nitrogen and oxygen atoms in total. The normalized spacial score (nSPS) is 11.5. The quantitative estimate of drug-likeness (QED) is 0.391. The molecule has 0 aliphatic heterocycles. The fourth-order valence-corrected chi connectivity index (χ4v) is 2.76. The molecule has 0 saturated heterocycles. The average Bonchev–Trinajstić information content (AvgIpc) is 2.45. The molecule has 0 aromatic heterocycles. The van der Waals surface area contributed by atoms with E-state index in [9.17, 15) is 30.4 Å². The summed E-state index contributed by atoms with van der Waals surface area (Å²) < 4.78 is 91.2. The van der Waals surface area contributed by atoms with Crippen LogP contribution in [0.5, 0.6) is 5.75 Å². The van der Waals surface area contributed by atoms with Crippen molar-refractivity contribution >= 4 is 15.7 Å². The lowest BCUT2D eigenvalue weighted by Crippen LogP contribution is -2.19. The molecule has 10 heteroatoms. The number of sulfonamides is 1. The SMILES string of the molecule is O=S(=O)(Nc1ccc(O)cc1)c1c(F)c(F)c(F)c(F)c1F. The van der Waals surface area contributed by atoms with E-state index in [1.165, 1.54) is 0 Å². The molecule has 2 aromatic carbocycles. The molecule has 0 unspecified atom stereocenters. The molecule has 0 saturated carbocycles. The average molecular weight is 339 g/mol. The van der Waals surface area contributed by atoms with Gasteiger partial charge in [-0.05, 0) is 24.3 Å². The van der Waals surface area contributed by atoms with Gasteiger partial charge in [0.2, 0.25) is 5.82 Å². The Morgan fingerprint density at radius 2 is 1.18 bits per heavy atom. The fourth-order valence-electron chi connectivity index (χ4n) is 1.56. The second kappa shape index (κ2) is 5.44. The molecule has 2 aromatic rings. The van der Waals surface area contributed by atoms with E-state index in [0.717, 1.165) is 24.3 Å². The number of aromatic hydroxyl groups is 1. The smallest absolute Gasteiger partial charge is 0.267 e. The summed E-state index contributed by atoms with van der Waals surface area (Å²) in [5.41, 5.74) is -0.248. The van der Waals surface area contributed by atoms with Gasteiger partial charge in [-0.3, -0.25) is 4.72 Å². The van der Waals surface area contributed by atoms with Crippen LogP contribution in [0.2, 0.25) is 0 Å². The van der Waals surface area contributed by atoms with Gasteiger partial charge in [0.25, 0.3) is 10.0 Å². The van der Waals surface area contributed by atoms with E-state index in [0.29, 0.717) is 0 Å². The van der Waals surface area contributed by atoms with Crippen molar-refractivity contribution < 1.29 is 35.5 Å². The zero-order chi connectivity index (χ0) is 16.7. The van der Waals surface area contributed by atoms with Gasteiger partial charge in [-0.2, -0.15) is 0 Å². The van der Waals surface area contributed by atoms with E-state index in [-0.39, 0.29) is 11.4 Å². The number of nitrogens with one attached hydrogen (secondary N) is 1. The summed E-state index contributed by atoms with van der Waals surface area (Å²) in [6.07, 6.45) is 0. The van der Waals surface area contributed by atoms with Crippen LogP contribution in [-0.4, -0.2) is 13.5 Å². The fraction of sp³-hybridized carbons (Fsp3) is 0. The molecule has 0 bridgehead atoms. The van der Waals surface area contributed by atoms with Crippen molar-refractivity contribution in [1.29, 1.82) is 0 Å². The van der Waals surface area contributed by atoms with Crippen LogP contribution in [-0.2, 0) is 10.0 Å². The van der Waals surface area contributed by atoms with Gasteiger partial charge in [0.05, 0.1) is 0 Å². The van der Waals surface area contributed by atoms with Crippen molar-refractivity contribution in [3.05, 3.63) is 53.4 Å². The van der Waals surface area contributed by atoms with Crippen LogP contribution in [0.3, 0.4) is 0 Å². The standard InChI is InChI=1S/C12H6F5NO3S/c13-7-8(14)10(16)12(11(17)9(7)15)22(20,21)18-5-1-3-6(19)4-2-5/h1-4,18-19H. The van der Waals surface area contributed by atoms with Crippen LogP contribution in [0, 0.1) is 29.1 Å². The van der Waals surface area contributed by atoms with Crippen LogP contribution in [0.25, 0.3) is 0 Å². The number of halogens is 5. The van der Waals surface area contributed by atoms with Crippen LogP contribution in [0.15, 0.2) is 29.2 Å². The molecule has 0 radical (unpaired) electrons. The molecule has 22 heavy (non-hydrogen) atoms. The lowest BCUT2D eigenvalue weighted by Gasteiger charge is -2.11. The molecule has 0 amide bonds. The first-order chi connectivity index (χ1) is 10.1. The summed E-state index contributed by atoms with van der Waals surface area (Å²) in [4.78, 5) is -1.99. The van der Waals surface area contributed by atoms with Gasteiger partial charge in [-0.1, -0.05) is 0 Å². The van der Waals surface area contributed by atoms with Gasteiger partial charge in [0.1, 0.15) is 5.75 Å². The molecule has 0 heterocycles. The van der Waals surface area contributed by atoms with Crippen molar-refractivity contribution in [2.75, 3.05) is 4.72 Å². The summed E-state index contributed by atoms with van der Waals surface area (Å²) in [6.45, 7) is 0. The van der Waals surface area contributed by atoms with Gasteiger partial charge < -0.3 is 5.11 Å². The van der Waals surface area contributed by atoms with E-state index in [2.05, 4.69) is 0 Å². The van der Waals surface area contributed by atoms with E-state index in [1.807, 2.05) is 0 Å². The number of benzene rings is 2. The Labute approximate surface area is 120 Å². The Morgan fingerprint density at radius 3 is 1.64 bits per heavy atom. The summed E-state index contributed by atoms with van der Waals surface area (Å²) in [5, 5.41) is 9.03. The first-order valence-electron chi connectivity index (χ1n) is 5.48. The van der Waals surface area contributed by atoms with Crippen LogP contribution >= 0.6 is 0 Å². The predicted molar refractivity (Wildman–Crippen MR) is 65.1 cm³/mol. The van der Waals surface area contributed by atoms with Crippen LogP contribution in [0.1, 0.15) is 0 Å². The van der Waals surface area contributed by atoms with Crippen LogP contribution < -0.4 is 4.72 Å². The first-order valence-corrected chi connectivity index (χ1v) is 6.96.